The number of fused-ring (bicyclic) bond motifs is 1. The molecule has 2 aromatic rings. The molecule has 0 fully saturated rings. The van der Waals surface area contributed by atoms with E-state index in [9.17, 15) is 4.79 Å². The molecule has 0 amide bonds. The first-order valence-electron chi connectivity index (χ1n) is 6.10. The van der Waals surface area contributed by atoms with Crippen molar-refractivity contribution in [2.24, 2.45) is 5.92 Å². The molecule has 0 aliphatic rings. The summed E-state index contributed by atoms with van der Waals surface area (Å²) < 4.78 is 11.8. The van der Waals surface area contributed by atoms with E-state index >= 15 is 0 Å². The van der Waals surface area contributed by atoms with E-state index in [0.717, 1.165) is 16.0 Å². The van der Waals surface area contributed by atoms with Crippen molar-refractivity contribution in [3.05, 3.63) is 22.0 Å². The van der Waals surface area contributed by atoms with Crippen LogP contribution in [0.3, 0.4) is 0 Å². The Balaban J connectivity index is 2.51. The fourth-order valence-corrected chi connectivity index (χ4v) is 3.09. The predicted molar refractivity (Wildman–Crippen MR) is 80.7 cm³/mol. The molecule has 1 aromatic carbocycles. The smallest absolute Gasteiger partial charge is 0.347 e. The van der Waals surface area contributed by atoms with E-state index in [2.05, 4.69) is 13.8 Å². The molecule has 1 N–H and O–H groups in total. The van der Waals surface area contributed by atoms with Gasteiger partial charge in [-0.2, -0.15) is 0 Å². The van der Waals surface area contributed by atoms with Crippen molar-refractivity contribution in [3.63, 3.8) is 0 Å². The highest BCUT2D eigenvalue weighted by molar-refractivity contribution is 7.21. The fraction of sp³-hybridized carbons (Fsp3) is 0.357. The molecule has 0 saturated carbocycles. The Morgan fingerprint density at radius 1 is 1.40 bits per heavy atom. The molecular weight excluding hydrogens is 300 g/mol. The standard InChI is InChI=1S/C14H15ClO4S/c1-7(2)6-19-10-5-11-8(4-9(10)18-3)12(15)13(20-11)14(16)17/h4-5,7H,6H2,1-3H3,(H,16,17). The van der Waals surface area contributed by atoms with E-state index in [0.29, 0.717) is 29.4 Å². The fourth-order valence-electron chi connectivity index (χ4n) is 1.74. The first-order chi connectivity index (χ1) is 9.43. The third kappa shape index (κ3) is 2.83. The molecule has 20 heavy (non-hydrogen) atoms. The zero-order valence-electron chi connectivity index (χ0n) is 11.4. The number of carboxylic acids is 1. The number of carboxylic acid groups (broad SMARTS) is 1. The average molecular weight is 315 g/mol. The maximum atomic E-state index is 11.1. The molecule has 0 atom stereocenters. The van der Waals surface area contributed by atoms with E-state index in [1.807, 2.05) is 0 Å². The summed E-state index contributed by atoms with van der Waals surface area (Å²) in [4.78, 5) is 11.2. The molecule has 0 unspecified atom stereocenters. The van der Waals surface area contributed by atoms with Crippen molar-refractivity contribution in [3.8, 4) is 11.5 Å². The summed E-state index contributed by atoms with van der Waals surface area (Å²) in [5.41, 5.74) is 0. The Morgan fingerprint density at radius 3 is 2.65 bits per heavy atom. The highest BCUT2D eigenvalue weighted by Gasteiger charge is 2.19. The van der Waals surface area contributed by atoms with Crippen LogP contribution in [-0.4, -0.2) is 24.8 Å². The van der Waals surface area contributed by atoms with Crippen LogP contribution in [0.15, 0.2) is 12.1 Å². The molecule has 0 saturated heterocycles. The Labute approximate surface area is 125 Å². The number of carbonyl (C=O) groups is 1. The molecule has 0 radical (unpaired) electrons. The second kappa shape index (κ2) is 5.89. The van der Waals surface area contributed by atoms with E-state index < -0.39 is 5.97 Å². The summed E-state index contributed by atoms with van der Waals surface area (Å²) in [5, 5.41) is 10.0. The molecule has 1 heterocycles. The molecule has 1 aromatic heterocycles. The summed E-state index contributed by atoms with van der Waals surface area (Å²) >= 11 is 7.23. The average Bonchev–Trinajstić information content (AvgIpc) is 2.72. The second-order valence-corrected chi connectivity index (χ2v) is 6.18. The minimum Gasteiger partial charge on any atom is -0.493 e. The Bertz CT molecular complexity index is 648. The van der Waals surface area contributed by atoms with Crippen molar-refractivity contribution >= 4 is 39.0 Å². The largest absolute Gasteiger partial charge is 0.493 e. The Hall–Kier alpha value is -1.46. The van der Waals surface area contributed by atoms with Crippen LogP contribution in [0.5, 0.6) is 11.5 Å². The van der Waals surface area contributed by atoms with Gasteiger partial charge in [-0.1, -0.05) is 25.4 Å². The molecular formula is C14H15ClO4S. The number of hydrogen-bond acceptors (Lipinski definition) is 4. The van der Waals surface area contributed by atoms with E-state index in [1.54, 1.807) is 19.2 Å². The molecule has 0 aliphatic heterocycles. The highest BCUT2D eigenvalue weighted by Crippen LogP contribution is 2.41. The number of ether oxygens (including phenoxy) is 2. The van der Waals surface area contributed by atoms with Crippen LogP contribution in [0, 0.1) is 5.92 Å². The molecule has 0 spiro atoms. The lowest BCUT2D eigenvalue weighted by atomic mass is 10.2. The van der Waals surface area contributed by atoms with E-state index in [-0.39, 0.29) is 9.90 Å². The first kappa shape index (κ1) is 14.9. The minimum absolute atomic E-state index is 0.129. The summed E-state index contributed by atoms with van der Waals surface area (Å²) in [6, 6.07) is 3.50. The van der Waals surface area contributed by atoms with Gasteiger partial charge in [0.2, 0.25) is 0 Å². The third-order valence-corrected chi connectivity index (χ3v) is 4.33. The molecule has 0 aliphatic carbocycles. The molecule has 108 valence electrons. The van der Waals surface area contributed by atoms with Crippen LogP contribution in [0.1, 0.15) is 23.5 Å². The number of aromatic carboxylic acids is 1. The van der Waals surface area contributed by atoms with Gasteiger partial charge in [0.25, 0.3) is 0 Å². The van der Waals surface area contributed by atoms with Gasteiger partial charge in [0.1, 0.15) is 4.88 Å². The summed E-state index contributed by atoms with van der Waals surface area (Å²) in [7, 11) is 1.54. The number of benzene rings is 1. The van der Waals surface area contributed by atoms with Crippen LogP contribution in [-0.2, 0) is 0 Å². The molecule has 6 heteroatoms. The third-order valence-electron chi connectivity index (χ3n) is 2.68. The second-order valence-electron chi connectivity index (χ2n) is 4.75. The summed E-state index contributed by atoms with van der Waals surface area (Å²) in [5.74, 6) is 0.509. The Kier molecular flexibility index (Phi) is 4.40. The van der Waals surface area contributed by atoms with Gasteiger partial charge in [-0.05, 0) is 12.0 Å². The molecule has 2 rings (SSSR count). The lowest BCUT2D eigenvalue weighted by Gasteiger charge is -2.12. The van der Waals surface area contributed by atoms with Gasteiger partial charge in [-0.3, -0.25) is 0 Å². The van der Waals surface area contributed by atoms with Crippen LogP contribution in [0.25, 0.3) is 10.1 Å². The highest BCUT2D eigenvalue weighted by atomic mass is 35.5. The van der Waals surface area contributed by atoms with Crippen molar-refractivity contribution in [2.45, 2.75) is 13.8 Å². The van der Waals surface area contributed by atoms with Crippen LogP contribution < -0.4 is 9.47 Å². The number of thiophene rings is 1. The lowest BCUT2D eigenvalue weighted by Crippen LogP contribution is -2.05. The van der Waals surface area contributed by atoms with Gasteiger partial charge in [-0.25, -0.2) is 4.79 Å². The van der Waals surface area contributed by atoms with Gasteiger partial charge >= 0.3 is 5.97 Å². The molecule has 0 bridgehead atoms. The SMILES string of the molecule is COc1cc2c(Cl)c(C(=O)O)sc2cc1OCC(C)C. The van der Waals surface area contributed by atoms with Gasteiger partial charge < -0.3 is 14.6 Å². The van der Waals surface area contributed by atoms with Crippen molar-refractivity contribution in [1.29, 1.82) is 0 Å². The van der Waals surface area contributed by atoms with E-state index in [1.165, 1.54) is 0 Å². The van der Waals surface area contributed by atoms with Gasteiger partial charge in [0, 0.05) is 16.2 Å². The van der Waals surface area contributed by atoms with Crippen LogP contribution in [0.2, 0.25) is 5.02 Å². The van der Waals surface area contributed by atoms with Gasteiger partial charge in [-0.15, -0.1) is 11.3 Å². The lowest BCUT2D eigenvalue weighted by molar-refractivity contribution is 0.0702. The van der Waals surface area contributed by atoms with Crippen molar-refractivity contribution in [1.82, 2.24) is 0 Å². The van der Waals surface area contributed by atoms with Crippen molar-refractivity contribution in [2.75, 3.05) is 13.7 Å². The summed E-state index contributed by atoms with van der Waals surface area (Å²) in [6.45, 7) is 4.66. The minimum atomic E-state index is -1.03. The number of halogens is 1. The quantitative estimate of drug-likeness (QED) is 0.894. The normalized spacial score (nSPS) is 11.1. The van der Waals surface area contributed by atoms with Gasteiger partial charge in [0.05, 0.1) is 18.7 Å². The zero-order chi connectivity index (χ0) is 14.9. The summed E-state index contributed by atoms with van der Waals surface area (Å²) in [6.07, 6.45) is 0. The number of rotatable bonds is 5. The first-order valence-corrected chi connectivity index (χ1v) is 7.29. The van der Waals surface area contributed by atoms with Gasteiger partial charge in [0.15, 0.2) is 11.5 Å². The Morgan fingerprint density at radius 2 is 2.10 bits per heavy atom. The predicted octanol–water partition coefficient (Wildman–Crippen LogP) is 4.30. The van der Waals surface area contributed by atoms with Crippen molar-refractivity contribution < 1.29 is 19.4 Å². The van der Waals surface area contributed by atoms with Crippen LogP contribution in [0.4, 0.5) is 0 Å². The number of hydrogen-bond donors (Lipinski definition) is 1. The topological polar surface area (TPSA) is 55.8 Å². The maximum Gasteiger partial charge on any atom is 0.347 e. The maximum absolute atomic E-state index is 11.1. The zero-order valence-corrected chi connectivity index (χ0v) is 13.0. The monoisotopic (exact) mass is 314 g/mol. The van der Waals surface area contributed by atoms with E-state index in [4.69, 9.17) is 26.2 Å². The number of methoxy groups -OCH3 is 1. The van der Waals surface area contributed by atoms with Crippen LogP contribution >= 0.6 is 22.9 Å². The molecule has 4 nitrogen and oxygen atoms in total.